The number of amides is 1. The molecule has 19 heavy (non-hydrogen) atoms. The van der Waals surface area contributed by atoms with Crippen molar-refractivity contribution < 1.29 is 4.79 Å². The van der Waals surface area contributed by atoms with Gasteiger partial charge in [-0.05, 0) is 31.0 Å². The highest BCUT2D eigenvalue weighted by Gasteiger charge is 2.18. The van der Waals surface area contributed by atoms with Gasteiger partial charge in [-0.3, -0.25) is 4.79 Å². The number of benzene rings is 1. The van der Waals surface area contributed by atoms with Crippen LogP contribution in [0.4, 0.5) is 5.82 Å². The zero-order chi connectivity index (χ0) is 13.7. The average Bonchev–Trinajstić information content (AvgIpc) is 2.41. The molecule has 1 atom stereocenters. The van der Waals surface area contributed by atoms with Gasteiger partial charge < -0.3 is 5.32 Å². The molecule has 0 saturated heterocycles. The van der Waals surface area contributed by atoms with Gasteiger partial charge in [-0.1, -0.05) is 43.3 Å². The molecule has 0 spiro atoms. The summed E-state index contributed by atoms with van der Waals surface area (Å²) in [6.07, 6.45) is 0.766. The van der Waals surface area contributed by atoms with Gasteiger partial charge in [0.25, 0.3) is 0 Å². The smallest absolute Gasteiger partial charge is 0.233 e. The lowest BCUT2D eigenvalue weighted by Crippen LogP contribution is -2.21. The maximum atomic E-state index is 12.3. The van der Waals surface area contributed by atoms with Crippen LogP contribution in [0.15, 0.2) is 48.5 Å². The zero-order valence-corrected chi connectivity index (χ0v) is 11.3. The number of anilines is 1. The Bertz CT molecular complexity index is 552. The largest absolute Gasteiger partial charge is 0.310 e. The summed E-state index contributed by atoms with van der Waals surface area (Å²) in [6, 6.07) is 15.4. The first-order valence-corrected chi connectivity index (χ1v) is 6.50. The summed E-state index contributed by atoms with van der Waals surface area (Å²) >= 11 is 0. The summed E-state index contributed by atoms with van der Waals surface area (Å²) in [4.78, 5) is 16.6. The number of aromatic nitrogens is 1. The Morgan fingerprint density at radius 3 is 2.53 bits per heavy atom. The van der Waals surface area contributed by atoms with Gasteiger partial charge in [0.1, 0.15) is 5.82 Å². The molecule has 3 nitrogen and oxygen atoms in total. The second kappa shape index (κ2) is 6.14. The van der Waals surface area contributed by atoms with E-state index in [0.29, 0.717) is 5.82 Å². The minimum Gasteiger partial charge on any atom is -0.310 e. The minimum atomic E-state index is -0.136. The number of carbonyl (C=O) groups is 1. The molecule has 2 rings (SSSR count). The van der Waals surface area contributed by atoms with Crippen molar-refractivity contribution in [2.75, 3.05) is 5.32 Å². The van der Waals surface area contributed by atoms with Gasteiger partial charge >= 0.3 is 0 Å². The first-order valence-electron chi connectivity index (χ1n) is 6.50. The molecule has 1 aromatic carbocycles. The molecule has 0 radical (unpaired) electrons. The topological polar surface area (TPSA) is 42.0 Å². The SMILES string of the molecule is CCC(C(=O)Nc1cccc(C)n1)c1ccccc1. The fourth-order valence-corrected chi connectivity index (χ4v) is 2.08. The molecule has 1 N–H and O–H groups in total. The number of nitrogens with zero attached hydrogens (tertiary/aromatic N) is 1. The standard InChI is InChI=1S/C16H18N2O/c1-3-14(13-9-5-4-6-10-13)16(19)18-15-11-7-8-12(2)17-15/h4-11,14H,3H2,1-2H3,(H,17,18,19). The van der Waals surface area contributed by atoms with Crippen LogP contribution in [0.25, 0.3) is 0 Å². The van der Waals surface area contributed by atoms with Crippen LogP contribution < -0.4 is 5.32 Å². The Balaban J connectivity index is 2.14. The van der Waals surface area contributed by atoms with Crippen molar-refractivity contribution >= 4 is 11.7 Å². The van der Waals surface area contributed by atoms with Gasteiger partial charge in [-0.25, -0.2) is 4.98 Å². The van der Waals surface area contributed by atoms with Crippen molar-refractivity contribution in [3.8, 4) is 0 Å². The second-order valence-corrected chi connectivity index (χ2v) is 4.52. The Hall–Kier alpha value is -2.16. The molecule has 1 heterocycles. The first-order chi connectivity index (χ1) is 9.20. The number of carbonyl (C=O) groups excluding carboxylic acids is 1. The highest BCUT2D eigenvalue weighted by molar-refractivity contribution is 5.95. The molecule has 0 saturated carbocycles. The Morgan fingerprint density at radius 1 is 1.16 bits per heavy atom. The molecule has 0 aliphatic carbocycles. The third-order valence-electron chi connectivity index (χ3n) is 3.07. The monoisotopic (exact) mass is 254 g/mol. The van der Waals surface area contributed by atoms with E-state index in [4.69, 9.17) is 0 Å². The van der Waals surface area contributed by atoms with Crippen LogP contribution in [-0.2, 0) is 4.79 Å². The molecule has 2 aromatic rings. The third kappa shape index (κ3) is 3.41. The van der Waals surface area contributed by atoms with Crippen LogP contribution in [0.2, 0.25) is 0 Å². The lowest BCUT2D eigenvalue weighted by molar-refractivity contribution is -0.117. The van der Waals surface area contributed by atoms with E-state index in [9.17, 15) is 4.79 Å². The van der Waals surface area contributed by atoms with Gasteiger partial charge in [0.15, 0.2) is 0 Å². The number of rotatable bonds is 4. The van der Waals surface area contributed by atoms with E-state index in [1.54, 1.807) is 0 Å². The van der Waals surface area contributed by atoms with Gasteiger partial charge in [0, 0.05) is 5.69 Å². The molecule has 1 aromatic heterocycles. The molecule has 1 unspecified atom stereocenters. The van der Waals surface area contributed by atoms with E-state index >= 15 is 0 Å². The van der Waals surface area contributed by atoms with Crippen molar-refractivity contribution in [2.45, 2.75) is 26.2 Å². The maximum Gasteiger partial charge on any atom is 0.233 e. The van der Waals surface area contributed by atoms with Crippen molar-refractivity contribution in [1.82, 2.24) is 4.98 Å². The van der Waals surface area contributed by atoms with Crippen LogP contribution in [0.1, 0.15) is 30.5 Å². The second-order valence-electron chi connectivity index (χ2n) is 4.52. The molecule has 1 amide bonds. The highest BCUT2D eigenvalue weighted by atomic mass is 16.1. The molecule has 0 aliphatic heterocycles. The van der Waals surface area contributed by atoms with E-state index in [1.807, 2.05) is 62.4 Å². The molecule has 98 valence electrons. The van der Waals surface area contributed by atoms with Gasteiger partial charge in [0.05, 0.1) is 5.92 Å². The first kappa shape index (κ1) is 13.3. The summed E-state index contributed by atoms with van der Waals surface area (Å²) in [5.74, 6) is 0.467. The van der Waals surface area contributed by atoms with Gasteiger partial charge in [-0.2, -0.15) is 0 Å². The van der Waals surface area contributed by atoms with Crippen molar-refractivity contribution in [3.63, 3.8) is 0 Å². The third-order valence-corrected chi connectivity index (χ3v) is 3.07. The highest BCUT2D eigenvalue weighted by Crippen LogP contribution is 2.21. The summed E-state index contributed by atoms with van der Waals surface area (Å²) in [5.41, 5.74) is 1.93. The Kier molecular flexibility index (Phi) is 4.29. The number of nitrogens with one attached hydrogen (secondary N) is 1. The van der Waals surface area contributed by atoms with Crippen LogP contribution in [0.3, 0.4) is 0 Å². The average molecular weight is 254 g/mol. The fraction of sp³-hybridized carbons (Fsp3) is 0.250. The maximum absolute atomic E-state index is 12.3. The summed E-state index contributed by atoms with van der Waals surface area (Å²) in [5, 5.41) is 2.88. The predicted molar refractivity (Wildman–Crippen MR) is 77.1 cm³/mol. The predicted octanol–water partition coefficient (Wildman–Crippen LogP) is 3.52. The number of hydrogen-bond donors (Lipinski definition) is 1. The molecule has 0 bridgehead atoms. The minimum absolute atomic E-state index is 0.00759. The van der Waals surface area contributed by atoms with Gasteiger partial charge in [-0.15, -0.1) is 0 Å². The molecule has 0 fully saturated rings. The van der Waals surface area contributed by atoms with Crippen LogP contribution >= 0.6 is 0 Å². The summed E-state index contributed by atoms with van der Waals surface area (Å²) < 4.78 is 0. The molecule has 3 heteroatoms. The number of pyridine rings is 1. The number of aryl methyl sites for hydroxylation is 1. The lowest BCUT2D eigenvalue weighted by atomic mass is 9.96. The van der Waals surface area contributed by atoms with E-state index < -0.39 is 0 Å². The van der Waals surface area contributed by atoms with E-state index in [0.717, 1.165) is 17.7 Å². The lowest BCUT2D eigenvalue weighted by Gasteiger charge is -2.15. The van der Waals surface area contributed by atoms with E-state index in [2.05, 4.69) is 10.3 Å². The summed E-state index contributed by atoms with van der Waals surface area (Å²) in [7, 11) is 0. The molecule has 0 aliphatic rings. The van der Waals surface area contributed by atoms with Crippen LogP contribution in [0, 0.1) is 6.92 Å². The van der Waals surface area contributed by atoms with E-state index in [-0.39, 0.29) is 11.8 Å². The normalized spacial score (nSPS) is 11.9. The van der Waals surface area contributed by atoms with Crippen LogP contribution in [-0.4, -0.2) is 10.9 Å². The van der Waals surface area contributed by atoms with Crippen molar-refractivity contribution in [3.05, 3.63) is 59.8 Å². The molecular formula is C16H18N2O. The van der Waals surface area contributed by atoms with Crippen LogP contribution in [0.5, 0.6) is 0 Å². The van der Waals surface area contributed by atoms with Crippen molar-refractivity contribution in [2.24, 2.45) is 0 Å². The zero-order valence-electron chi connectivity index (χ0n) is 11.3. The quantitative estimate of drug-likeness (QED) is 0.907. The molecular weight excluding hydrogens is 236 g/mol. The fourth-order valence-electron chi connectivity index (χ4n) is 2.08. The summed E-state index contributed by atoms with van der Waals surface area (Å²) in [6.45, 7) is 3.92. The van der Waals surface area contributed by atoms with Crippen molar-refractivity contribution in [1.29, 1.82) is 0 Å². The van der Waals surface area contributed by atoms with Gasteiger partial charge in [0.2, 0.25) is 5.91 Å². The van der Waals surface area contributed by atoms with E-state index in [1.165, 1.54) is 0 Å². The Morgan fingerprint density at radius 2 is 1.89 bits per heavy atom. The number of hydrogen-bond acceptors (Lipinski definition) is 2. The Labute approximate surface area is 113 Å².